The zero-order valence-corrected chi connectivity index (χ0v) is 21.8. The standard InChI is InChI=1S/C25H23Cl2NO6S/c1-28-17(13-18(29)32-2)20(24(30)33-3)21(19-15(26)11-8-12-16(19)27)22(25(31)34-4)23(28)35-14-9-6-5-7-10-14/h5-12,21H,13H2,1-4H3. The van der Waals surface area contributed by atoms with Gasteiger partial charge >= 0.3 is 17.9 Å². The van der Waals surface area contributed by atoms with Crippen molar-refractivity contribution in [1.29, 1.82) is 0 Å². The first-order valence-corrected chi connectivity index (χ1v) is 11.9. The quantitative estimate of drug-likeness (QED) is 0.353. The highest BCUT2D eigenvalue weighted by molar-refractivity contribution is 8.03. The lowest BCUT2D eigenvalue weighted by Gasteiger charge is -2.37. The Labute approximate surface area is 217 Å². The normalized spacial score (nSPS) is 15.7. The monoisotopic (exact) mass is 535 g/mol. The van der Waals surface area contributed by atoms with Crippen LogP contribution in [-0.2, 0) is 28.6 Å². The SMILES string of the molecule is COC(=O)CC1=C(C(=O)OC)C(c2c(Cl)cccc2Cl)C(C(=O)OC)=C(Sc2ccccc2)N1C. The molecule has 0 aromatic heterocycles. The molecule has 10 heteroatoms. The molecule has 0 bridgehead atoms. The third kappa shape index (κ3) is 5.50. The van der Waals surface area contributed by atoms with Crippen molar-refractivity contribution in [3.63, 3.8) is 0 Å². The van der Waals surface area contributed by atoms with Crippen molar-refractivity contribution >= 4 is 52.9 Å². The van der Waals surface area contributed by atoms with E-state index in [1.165, 1.54) is 33.1 Å². The molecule has 0 N–H and O–H groups in total. The average molecular weight is 536 g/mol. The number of halogens is 2. The van der Waals surface area contributed by atoms with Crippen LogP contribution in [0.3, 0.4) is 0 Å². The van der Waals surface area contributed by atoms with Crippen LogP contribution in [0, 0.1) is 0 Å². The molecule has 1 heterocycles. The van der Waals surface area contributed by atoms with Crippen molar-refractivity contribution < 1.29 is 28.6 Å². The number of thioether (sulfide) groups is 1. The van der Waals surface area contributed by atoms with E-state index >= 15 is 0 Å². The molecule has 0 spiro atoms. The van der Waals surface area contributed by atoms with Gasteiger partial charge in [0.1, 0.15) is 0 Å². The van der Waals surface area contributed by atoms with E-state index in [9.17, 15) is 14.4 Å². The number of carbonyl (C=O) groups is 3. The number of nitrogens with zero attached hydrogens (tertiary/aromatic N) is 1. The Morgan fingerprint density at radius 3 is 1.97 bits per heavy atom. The fraction of sp³-hybridized carbons (Fsp3) is 0.240. The largest absolute Gasteiger partial charge is 0.469 e. The highest BCUT2D eigenvalue weighted by atomic mass is 35.5. The number of ether oxygens (including phenoxy) is 3. The molecule has 35 heavy (non-hydrogen) atoms. The van der Waals surface area contributed by atoms with Crippen LogP contribution in [0.2, 0.25) is 10.0 Å². The fourth-order valence-corrected chi connectivity index (χ4v) is 5.49. The van der Waals surface area contributed by atoms with E-state index in [1.807, 2.05) is 30.3 Å². The molecule has 3 rings (SSSR count). The number of hydrogen-bond donors (Lipinski definition) is 0. The molecule has 1 aliphatic heterocycles. The average Bonchev–Trinajstić information content (AvgIpc) is 2.86. The highest BCUT2D eigenvalue weighted by Gasteiger charge is 2.44. The predicted octanol–water partition coefficient (Wildman–Crippen LogP) is 5.19. The van der Waals surface area contributed by atoms with Crippen molar-refractivity contribution in [1.82, 2.24) is 4.90 Å². The number of rotatable bonds is 7. The summed E-state index contributed by atoms with van der Waals surface area (Å²) in [6.07, 6.45) is -0.261. The fourth-order valence-electron chi connectivity index (χ4n) is 3.80. The van der Waals surface area contributed by atoms with Gasteiger partial charge in [-0.1, -0.05) is 59.2 Å². The summed E-state index contributed by atoms with van der Waals surface area (Å²) in [7, 11) is 5.37. The van der Waals surface area contributed by atoms with Gasteiger partial charge in [-0.15, -0.1) is 0 Å². The van der Waals surface area contributed by atoms with Crippen LogP contribution >= 0.6 is 35.0 Å². The van der Waals surface area contributed by atoms with E-state index in [-0.39, 0.29) is 33.3 Å². The van der Waals surface area contributed by atoms with Crippen molar-refractivity contribution in [2.75, 3.05) is 28.4 Å². The van der Waals surface area contributed by atoms with Crippen LogP contribution in [0.1, 0.15) is 17.9 Å². The van der Waals surface area contributed by atoms with Gasteiger partial charge in [-0.05, 0) is 24.3 Å². The molecule has 184 valence electrons. The van der Waals surface area contributed by atoms with E-state index < -0.39 is 23.8 Å². The van der Waals surface area contributed by atoms with Crippen LogP contribution in [0.25, 0.3) is 0 Å². The summed E-state index contributed by atoms with van der Waals surface area (Å²) in [6, 6.07) is 14.2. The van der Waals surface area contributed by atoms with E-state index in [1.54, 1.807) is 30.1 Å². The Kier molecular flexibility index (Phi) is 8.88. The molecular weight excluding hydrogens is 513 g/mol. The minimum atomic E-state index is -1.07. The van der Waals surface area contributed by atoms with Gasteiger partial charge in [0.2, 0.25) is 0 Å². The van der Waals surface area contributed by atoms with Gasteiger partial charge in [0.05, 0.1) is 49.8 Å². The Balaban J connectivity index is 2.42. The molecule has 0 aliphatic carbocycles. The maximum absolute atomic E-state index is 13.3. The van der Waals surface area contributed by atoms with E-state index in [2.05, 4.69) is 0 Å². The van der Waals surface area contributed by atoms with Crippen LogP contribution in [0.4, 0.5) is 0 Å². The minimum Gasteiger partial charge on any atom is -0.469 e. The number of esters is 3. The molecule has 0 radical (unpaired) electrons. The van der Waals surface area contributed by atoms with E-state index in [4.69, 9.17) is 37.4 Å². The van der Waals surface area contributed by atoms with Crippen LogP contribution in [0.15, 0.2) is 75.3 Å². The lowest BCUT2D eigenvalue weighted by molar-refractivity contribution is -0.140. The lowest BCUT2D eigenvalue weighted by Crippen LogP contribution is -2.35. The molecule has 0 saturated heterocycles. The second kappa shape index (κ2) is 11.7. The Hall–Kier alpha value is -2.94. The van der Waals surface area contributed by atoms with Gasteiger partial charge in [0.15, 0.2) is 0 Å². The maximum atomic E-state index is 13.3. The van der Waals surface area contributed by atoms with Gasteiger partial charge in [0, 0.05) is 33.2 Å². The van der Waals surface area contributed by atoms with Crippen molar-refractivity contribution in [3.8, 4) is 0 Å². The second-order valence-electron chi connectivity index (χ2n) is 7.36. The molecule has 2 aromatic carbocycles. The zero-order valence-electron chi connectivity index (χ0n) is 19.5. The Bertz CT molecular complexity index is 1190. The molecule has 1 aliphatic rings. The van der Waals surface area contributed by atoms with Gasteiger partial charge in [-0.25, -0.2) is 9.59 Å². The van der Waals surface area contributed by atoms with E-state index in [0.717, 1.165) is 4.90 Å². The smallest absolute Gasteiger partial charge is 0.337 e. The maximum Gasteiger partial charge on any atom is 0.337 e. The summed E-state index contributed by atoms with van der Waals surface area (Å²) in [5.74, 6) is -3.09. The number of hydrogen-bond acceptors (Lipinski definition) is 8. The first kappa shape index (κ1) is 26.7. The van der Waals surface area contributed by atoms with Crippen molar-refractivity contribution in [3.05, 3.63) is 86.0 Å². The molecule has 0 fully saturated rings. The number of methoxy groups -OCH3 is 3. The molecular formula is C25H23Cl2NO6S. The van der Waals surface area contributed by atoms with Crippen molar-refractivity contribution in [2.24, 2.45) is 0 Å². The van der Waals surface area contributed by atoms with Crippen molar-refractivity contribution in [2.45, 2.75) is 17.2 Å². The Morgan fingerprint density at radius 1 is 0.857 bits per heavy atom. The first-order valence-electron chi connectivity index (χ1n) is 10.4. The van der Waals surface area contributed by atoms with Crippen LogP contribution < -0.4 is 0 Å². The highest BCUT2D eigenvalue weighted by Crippen LogP contribution is 2.50. The summed E-state index contributed by atoms with van der Waals surface area (Å²) >= 11 is 14.4. The summed E-state index contributed by atoms with van der Waals surface area (Å²) in [5, 5.41) is 0.906. The molecule has 0 saturated carbocycles. The molecule has 1 unspecified atom stereocenters. The summed E-state index contributed by atoms with van der Waals surface area (Å²) in [6.45, 7) is 0. The number of benzene rings is 2. The lowest BCUT2D eigenvalue weighted by atomic mass is 9.80. The second-order valence-corrected chi connectivity index (χ2v) is 9.23. The summed E-state index contributed by atoms with van der Waals surface area (Å²) < 4.78 is 15.1. The Morgan fingerprint density at radius 2 is 1.43 bits per heavy atom. The first-order chi connectivity index (χ1) is 16.7. The molecule has 2 aromatic rings. The minimum absolute atomic E-state index is 0.0354. The third-order valence-corrected chi connectivity index (χ3v) is 7.28. The van der Waals surface area contributed by atoms with Gasteiger partial charge in [-0.2, -0.15) is 0 Å². The molecule has 7 nitrogen and oxygen atoms in total. The van der Waals surface area contributed by atoms with E-state index in [0.29, 0.717) is 10.6 Å². The topological polar surface area (TPSA) is 82.1 Å². The molecule has 1 atom stereocenters. The zero-order chi connectivity index (χ0) is 25.7. The van der Waals surface area contributed by atoms with Gasteiger partial charge < -0.3 is 19.1 Å². The van der Waals surface area contributed by atoms with Crippen LogP contribution in [0.5, 0.6) is 0 Å². The summed E-state index contributed by atoms with van der Waals surface area (Å²) in [5.41, 5.74) is 0.773. The number of carbonyl (C=O) groups excluding carboxylic acids is 3. The molecule has 0 amide bonds. The van der Waals surface area contributed by atoms with Crippen LogP contribution in [-0.4, -0.2) is 51.2 Å². The third-order valence-electron chi connectivity index (χ3n) is 5.42. The predicted molar refractivity (Wildman–Crippen MR) is 134 cm³/mol. The van der Waals surface area contributed by atoms with Gasteiger partial charge in [-0.3, -0.25) is 4.79 Å². The summed E-state index contributed by atoms with van der Waals surface area (Å²) in [4.78, 5) is 41.3. The van der Waals surface area contributed by atoms with Gasteiger partial charge in [0.25, 0.3) is 0 Å².